The summed E-state index contributed by atoms with van der Waals surface area (Å²) in [6, 6.07) is 75.4. The second-order valence-corrected chi connectivity index (χ2v) is 37.3. The number of carboxylic acid groups (broad SMARTS) is 1. The lowest BCUT2D eigenvalue weighted by Gasteiger charge is -2.13. The van der Waals surface area contributed by atoms with Crippen molar-refractivity contribution in [2.45, 2.75) is 218 Å². The number of carboxylic acids is 1. The molecule has 0 saturated heterocycles. The number of Topliss-reactive ketones (excluding diaryl/α,β-unsaturated/α-hetero) is 1. The van der Waals surface area contributed by atoms with Crippen LogP contribution in [0.15, 0.2) is 294 Å². The number of aliphatic imine (C=N–C) groups is 1. The maximum Gasteiger partial charge on any atom is 0.341 e. The van der Waals surface area contributed by atoms with E-state index in [-0.39, 0.29) is 30.0 Å². The van der Waals surface area contributed by atoms with Gasteiger partial charge in [-0.2, -0.15) is 0 Å². The van der Waals surface area contributed by atoms with Crippen LogP contribution in [0.5, 0.6) is 17.2 Å². The summed E-state index contributed by atoms with van der Waals surface area (Å²) in [5.41, 5.74) is 17.3. The molecule has 1 aliphatic heterocycles. The Morgan fingerprint density at radius 3 is 1.55 bits per heavy atom. The zero-order chi connectivity index (χ0) is 97.4. The van der Waals surface area contributed by atoms with Gasteiger partial charge in [0.15, 0.2) is 18.0 Å². The zero-order valence-electron chi connectivity index (χ0n) is 82.7. The number of allylic oxidation sites excluding steroid dienone is 1. The molecule has 2 N–H and O–H groups in total. The molecule has 0 fully saturated rings. The van der Waals surface area contributed by atoms with E-state index in [0.717, 1.165) is 113 Å². The molecule has 9 aromatic heterocycles. The Labute approximate surface area is 796 Å². The Kier molecular flexibility index (Phi) is 38.3. The van der Waals surface area contributed by atoms with E-state index in [9.17, 15) is 14.4 Å². The number of para-hydroxylation sites is 1. The van der Waals surface area contributed by atoms with Crippen LogP contribution in [0.4, 0.5) is 0 Å². The number of aromatic amines is 1. The number of rotatable bonds is 19. The van der Waals surface area contributed by atoms with Crippen LogP contribution >= 0.6 is 0 Å². The molecule has 18 nitrogen and oxygen atoms in total. The van der Waals surface area contributed by atoms with E-state index in [1.807, 2.05) is 153 Å². The van der Waals surface area contributed by atoms with Gasteiger partial charge in [-0.25, -0.2) is 4.79 Å². The third kappa shape index (κ3) is 31.3. The summed E-state index contributed by atoms with van der Waals surface area (Å²) >= 11 is 0. The lowest BCUT2D eigenvalue weighted by atomic mass is 9.90. The van der Waals surface area contributed by atoms with Gasteiger partial charge in [0.2, 0.25) is 0 Å². The summed E-state index contributed by atoms with van der Waals surface area (Å²) in [5.74, 6) is 5.15. The Morgan fingerprint density at radius 1 is 0.430 bits per heavy atom. The molecule has 0 bridgehead atoms. The first-order valence-electron chi connectivity index (χ1n) is 47.1. The number of benzene rings is 8. The van der Waals surface area contributed by atoms with Gasteiger partial charge >= 0.3 is 5.97 Å². The van der Waals surface area contributed by atoms with Crippen LogP contribution in [0.3, 0.4) is 0 Å². The summed E-state index contributed by atoms with van der Waals surface area (Å²) < 4.78 is 21.7. The minimum Gasteiger partial charge on any atom is -0.489 e. The third-order valence-corrected chi connectivity index (χ3v) is 22.6. The number of carbonyl (C=O) groups excluding carboxylic acids is 1. The number of hydrogen-bond acceptors (Lipinski definition) is 16. The molecule has 0 radical (unpaired) electrons. The monoisotopic (exact) mass is 1810 g/mol. The van der Waals surface area contributed by atoms with Crippen molar-refractivity contribution in [1.82, 2.24) is 45.0 Å². The zero-order valence-corrected chi connectivity index (χ0v) is 82.7. The van der Waals surface area contributed by atoms with E-state index >= 15 is 0 Å². The van der Waals surface area contributed by atoms with E-state index in [2.05, 4.69) is 311 Å². The van der Waals surface area contributed by atoms with Crippen molar-refractivity contribution in [2.75, 3.05) is 26.4 Å². The van der Waals surface area contributed by atoms with Crippen LogP contribution < -0.4 is 19.8 Å². The highest BCUT2D eigenvalue weighted by molar-refractivity contribution is 5.88. The fraction of sp³-hybridized carbons (Fsp3) is 0.316. The molecule has 10 heterocycles. The standard InChI is InChI=1S/C17H18N2O.C16H19NO2.C14H15NO3.C13H15N.C12H13NO.2C12H13N.C11H13NO.C10H15N/c1-12(2)17-8-15-7-16(4-3-14(15)10-19-17)20-11-13-5-6-18-9-13;1-4-14(18)10-19-15-6-5-12-9-17-16(11(2)3)8-13(12)7-15;1-9(2)13-6-10-3-4-12(18-8-14(16)17)5-11(10)7-15-13;1-9(2)12-7-11-5-4-10(3)6-13(11)14-8-12;1-8(2)11-7-9-5-3-4-6-10(9)12(14)13-11;1-9(2)10-3-4-12-8-13-6-5-11(12)7-10;1-9(2)10-5-6-12-11(8-10)4-3-7-13-12;1-11(2,3)10-8-6-4-5-7-9(8)13-12-10;1-4-9-6-5-7-10(11-9)8(2)3/h3-8,10,12H,9,11H2,1-2H3;5-9,11H,4,10H2,1-3H3;3-7,9H,8H2,1-2H3,(H,16,17);4-9H,1-3H3;3-8H,1-2H3,(H,13,14);2*3-9H,1-2H3;4-7H,1-3H3;5-8H,4H2,1-3H3. The maximum atomic E-state index is 11.6. The fourth-order valence-electron chi connectivity index (χ4n) is 14.2. The second kappa shape index (κ2) is 50.2. The Bertz CT molecular complexity index is 6810. The van der Waals surface area contributed by atoms with E-state index in [1.165, 1.54) is 66.1 Å². The summed E-state index contributed by atoms with van der Waals surface area (Å²) in [5, 5.41) is 27.0. The molecular weight excluding hydrogens is 1670 g/mol. The molecular formula is C117H134N10O8. The number of ether oxygens (including phenoxy) is 3. The molecule has 700 valence electrons. The number of fused-ring (bicyclic) bond motifs is 8. The number of ketones is 1. The van der Waals surface area contributed by atoms with Crippen molar-refractivity contribution in [3.63, 3.8) is 0 Å². The first-order valence-corrected chi connectivity index (χ1v) is 47.1. The van der Waals surface area contributed by atoms with Crippen LogP contribution in [0.2, 0.25) is 0 Å². The number of hydrogen-bond donors (Lipinski definition) is 2. The minimum absolute atomic E-state index is 0.00630. The van der Waals surface area contributed by atoms with E-state index in [4.69, 9.17) is 23.8 Å². The fourth-order valence-corrected chi connectivity index (χ4v) is 14.2. The lowest BCUT2D eigenvalue weighted by Crippen LogP contribution is -2.11. The van der Waals surface area contributed by atoms with Gasteiger partial charge < -0.3 is 28.8 Å². The number of nitrogens with one attached hydrogen (secondary N) is 1. The van der Waals surface area contributed by atoms with E-state index < -0.39 is 5.97 Å². The minimum atomic E-state index is -0.983. The molecule has 18 rings (SSSR count). The van der Waals surface area contributed by atoms with Crippen LogP contribution in [0, 0.1) is 6.92 Å². The highest BCUT2D eigenvalue weighted by Gasteiger charge is 2.22. The summed E-state index contributed by atoms with van der Waals surface area (Å²) in [6.07, 6.45) is 18.5. The van der Waals surface area contributed by atoms with Gasteiger partial charge in [-0.1, -0.05) is 235 Å². The van der Waals surface area contributed by atoms with Crippen molar-refractivity contribution in [2.24, 2.45) is 4.99 Å². The van der Waals surface area contributed by atoms with E-state index in [0.29, 0.717) is 66.1 Å². The summed E-state index contributed by atoms with van der Waals surface area (Å²) in [7, 11) is 0. The second-order valence-electron chi connectivity index (χ2n) is 37.3. The SMILES string of the molecule is CC(C)(C)c1noc2ccccc12.CC(C)c1cc2cc(OCC3=CC=NC3)ccc2cn1.CC(C)c1cc2ccc(OCC(=O)O)cc2cn1.CC(C)c1cc2ccccc2c(=O)[nH]1.CC(C)c1ccc2cnccc2c1.CC(C)c1ccc2ncccc2c1.CCC(=O)COc1ccc2cnc(C(C)C)cc2c1.CCc1cccc(C(C)C)n1.Cc1ccc2cc(C(C)C)cnc2c1. The number of carbonyl (C=O) groups is 2. The summed E-state index contributed by atoms with van der Waals surface area (Å²) in [6.45, 7) is 48.1. The average molecular weight is 1810 g/mol. The van der Waals surface area contributed by atoms with Gasteiger partial charge in [0.05, 0.1) is 23.3 Å². The molecule has 0 saturated carbocycles. The van der Waals surface area contributed by atoms with Crippen LogP contribution in [-0.2, 0) is 21.4 Å². The average Bonchev–Trinajstić information content (AvgIpc) is 1.53. The Balaban J connectivity index is 0.000000158. The van der Waals surface area contributed by atoms with Crippen molar-refractivity contribution >= 4 is 105 Å². The Morgan fingerprint density at radius 2 is 0.956 bits per heavy atom. The lowest BCUT2D eigenvalue weighted by molar-refractivity contribution is -0.139. The predicted molar refractivity (Wildman–Crippen MR) is 560 cm³/mol. The van der Waals surface area contributed by atoms with Crippen molar-refractivity contribution in [3.8, 4) is 17.2 Å². The molecule has 0 spiro atoms. The van der Waals surface area contributed by atoms with Crippen LogP contribution in [0.25, 0.3) is 86.6 Å². The molecule has 17 aromatic rings. The Hall–Kier alpha value is -14.0. The van der Waals surface area contributed by atoms with Crippen molar-refractivity contribution in [3.05, 3.63) is 352 Å². The van der Waals surface area contributed by atoms with Gasteiger partial charge in [0, 0.05) is 139 Å². The highest BCUT2D eigenvalue weighted by Crippen LogP contribution is 2.32. The first kappa shape index (κ1) is 103. The number of H-pyrrole nitrogens is 1. The van der Waals surface area contributed by atoms with Crippen molar-refractivity contribution < 1.29 is 33.4 Å². The molecule has 0 amide bonds. The van der Waals surface area contributed by atoms with Crippen molar-refractivity contribution in [1.29, 1.82) is 0 Å². The quantitative estimate of drug-likeness (QED) is 0.0764. The first-order chi connectivity index (χ1) is 64.6. The third-order valence-electron chi connectivity index (χ3n) is 22.6. The largest absolute Gasteiger partial charge is 0.489 e. The van der Waals surface area contributed by atoms with Crippen LogP contribution in [-0.4, -0.2) is 94.5 Å². The molecule has 1 aliphatic rings. The van der Waals surface area contributed by atoms with Gasteiger partial charge in [-0.3, -0.25) is 49.5 Å². The molecule has 8 aromatic carbocycles. The number of pyridine rings is 8. The maximum absolute atomic E-state index is 11.6. The molecule has 0 unspecified atom stereocenters. The topological polar surface area (TPSA) is 244 Å². The van der Waals surface area contributed by atoms with E-state index in [1.54, 1.807) is 18.3 Å². The number of aliphatic carboxylic acids is 1. The highest BCUT2D eigenvalue weighted by atomic mass is 16.5. The van der Waals surface area contributed by atoms with Crippen LogP contribution in [0.1, 0.15) is 261 Å². The predicted octanol–water partition coefficient (Wildman–Crippen LogP) is 29.2. The number of nitrogens with zero attached hydrogens (tertiary/aromatic N) is 9. The number of aromatic nitrogens is 9. The number of aryl methyl sites for hydroxylation is 2. The molecule has 18 heteroatoms. The smallest absolute Gasteiger partial charge is 0.341 e. The molecule has 0 aliphatic carbocycles. The van der Waals surface area contributed by atoms with Gasteiger partial charge in [-0.05, 0) is 261 Å². The molecule has 135 heavy (non-hydrogen) atoms. The molecule has 0 atom stereocenters. The normalized spacial score (nSPS) is 11.5. The van der Waals surface area contributed by atoms with Gasteiger partial charge in [0.1, 0.15) is 30.5 Å². The summed E-state index contributed by atoms with van der Waals surface area (Å²) in [4.78, 5) is 71.0. The van der Waals surface area contributed by atoms with Gasteiger partial charge in [0.25, 0.3) is 5.56 Å². The van der Waals surface area contributed by atoms with Gasteiger partial charge in [-0.15, -0.1) is 0 Å².